The van der Waals surface area contributed by atoms with Gasteiger partial charge in [-0.15, -0.1) is 0 Å². The monoisotopic (exact) mass is 519 g/mol. The zero-order valence-corrected chi connectivity index (χ0v) is 19.7. The van der Waals surface area contributed by atoms with Gasteiger partial charge in [-0.1, -0.05) is 30.3 Å². The Bertz CT molecular complexity index is 1210. The molecule has 1 aliphatic heterocycles. The Morgan fingerprint density at radius 2 is 1.84 bits per heavy atom. The Morgan fingerprint density at radius 1 is 1.08 bits per heavy atom. The maximum Gasteiger partial charge on any atom is 0.416 e. The average molecular weight is 520 g/mol. The molecule has 1 aromatic heterocycles. The van der Waals surface area contributed by atoms with Gasteiger partial charge in [0.15, 0.2) is 0 Å². The lowest BCUT2D eigenvalue weighted by atomic mass is 10.1. The van der Waals surface area contributed by atoms with E-state index in [1.54, 1.807) is 30.3 Å². The number of carbonyl (C=O) groups is 2. The molecule has 3 aromatic rings. The van der Waals surface area contributed by atoms with Crippen LogP contribution in [0.2, 0.25) is 0 Å². The zero-order chi connectivity index (χ0) is 26.3. The maximum absolute atomic E-state index is 13.5. The summed E-state index contributed by atoms with van der Waals surface area (Å²) in [6.45, 7) is 2.51. The van der Waals surface area contributed by atoms with E-state index in [-0.39, 0.29) is 29.8 Å². The number of hydrogen-bond acceptors (Lipinski definition) is 6. The molecule has 37 heavy (non-hydrogen) atoms. The Balaban J connectivity index is 1.39. The number of benzene rings is 2. The molecule has 0 bridgehead atoms. The van der Waals surface area contributed by atoms with E-state index in [2.05, 4.69) is 26.5 Å². The van der Waals surface area contributed by atoms with Crippen LogP contribution in [0, 0.1) is 0 Å². The molecule has 1 unspecified atom stereocenters. The Labute approximate surface area is 210 Å². The van der Waals surface area contributed by atoms with Gasteiger partial charge in [0.1, 0.15) is 6.10 Å². The predicted molar refractivity (Wildman–Crippen MR) is 127 cm³/mol. The lowest BCUT2D eigenvalue weighted by Crippen LogP contribution is -2.44. The number of carbonyl (C=O) groups excluding carboxylic acids is 2. The first-order valence-electron chi connectivity index (χ1n) is 11.6. The van der Waals surface area contributed by atoms with Gasteiger partial charge < -0.3 is 20.7 Å². The third kappa shape index (κ3) is 8.02. The van der Waals surface area contributed by atoms with Gasteiger partial charge in [0, 0.05) is 24.5 Å². The SMILES string of the molecule is O=C(Cc1ccccc1)Nc1cc(NC(=O)Nc2c[n+](CC3CNCCCO3)no2)cc(C(F)(F)F)c1. The smallest absolute Gasteiger partial charge is 0.370 e. The highest BCUT2D eigenvalue weighted by atomic mass is 19.4. The van der Waals surface area contributed by atoms with Crippen molar-refractivity contribution >= 4 is 29.2 Å². The summed E-state index contributed by atoms with van der Waals surface area (Å²) in [6.07, 6.45) is -2.50. The molecule has 4 rings (SSSR count). The van der Waals surface area contributed by atoms with Crippen molar-refractivity contribution in [1.82, 2.24) is 10.6 Å². The molecule has 3 amide bonds. The summed E-state index contributed by atoms with van der Waals surface area (Å²) in [5, 5.41) is 14.2. The van der Waals surface area contributed by atoms with Gasteiger partial charge >= 0.3 is 18.1 Å². The molecule has 13 heteroatoms. The van der Waals surface area contributed by atoms with E-state index in [0.29, 0.717) is 25.3 Å². The number of nitrogens with zero attached hydrogens (tertiary/aromatic N) is 2. The first-order chi connectivity index (χ1) is 17.7. The van der Waals surface area contributed by atoms with Crippen LogP contribution < -0.4 is 25.9 Å². The summed E-state index contributed by atoms with van der Waals surface area (Å²) in [5.74, 6) is -0.512. The number of amides is 3. The number of aromatic nitrogens is 2. The summed E-state index contributed by atoms with van der Waals surface area (Å²) in [7, 11) is 0. The van der Waals surface area contributed by atoms with E-state index < -0.39 is 23.7 Å². The lowest BCUT2D eigenvalue weighted by Gasteiger charge is -2.14. The number of anilines is 3. The average Bonchev–Trinajstić information content (AvgIpc) is 3.10. The predicted octanol–water partition coefficient (Wildman–Crippen LogP) is 3.18. The molecule has 1 fully saturated rings. The topological polar surface area (TPSA) is 121 Å². The van der Waals surface area contributed by atoms with E-state index in [1.807, 2.05) is 0 Å². The Morgan fingerprint density at radius 3 is 2.59 bits per heavy atom. The fraction of sp³-hybridized carbons (Fsp3) is 0.333. The minimum absolute atomic E-state index is 0.0116. The van der Waals surface area contributed by atoms with Crippen LogP contribution in [0.5, 0.6) is 0 Å². The number of urea groups is 1. The number of halogens is 3. The fourth-order valence-electron chi connectivity index (χ4n) is 3.71. The fourth-order valence-corrected chi connectivity index (χ4v) is 3.71. The molecule has 4 N–H and O–H groups in total. The molecule has 10 nitrogen and oxygen atoms in total. The van der Waals surface area contributed by atoms with Crippen LogP contribution in [0.4, 0.5) is 35.2 Å². The summed E-state index contributed by atoms with van der Waals surface area (Å²) >= 11 is 0. The second-order valence-electron chi connectivity index (χ2n) is 8.43. The molecular formula is C24H26F3N6O4+. The van der Waals surface area contributed by atoms with Gasteiger partial charge in [0.25, 0.3) is 6.20 Å². The van der Waals surface area contributed by atoms with Gasteiger partial charge in [0.05, 0.1) is 12.0 Å². The first kappa shape index (κ1) is 26.1. The van der Waals surface area contributed by atoms with Crippen molar-refractivity contribution in [2.75, 3.05) is 35.6 Å². The molecule has 0 radical (unpaired) electrons. The number of alkyl halides is 3. The molecule has 2 aromatic carbocycles. The second-order valence-corrected chi connectivity index (χ2v) is 8.43. The molecule has 1 aliphatic rings. The van der Waals surface area contributed by atoms with Crippen molar-refractivity contribution in [3.05, 3.63) is 65.9 Å². The van der Waals surface area contributed by atoms with Crippen molar-refractivity contribution < 1.29 is 36.7 Å². The molecule has 0 spiro atoms. The molecule has 1 saturated heterocycles. The highest BCUT2D eigenvalue weighted by Gasteiger charge is 2.31. The second kappa shape index (κ2) is 11.8. The third-order valence-corrected chi connectivity index (χ3v) is 5.37. The van der Waals surface area contributed by atoms with Crippen LogP contribution in [0.25, 0.3) is 0 Å². The highest BCUT2D eigenvalue weighted by Crippen LogP contribution is 2.33. The van der Waals surface area contributed by atoms with Gasteiger partial charge in [-0.3, -0.25) is 14.6 Å². The van der Waals surface area contributed by atoms with Gasteiger partial charge in [-0.2, -0.15) is 13.2 Å². The summed E-state index contributed by atoms with van der Waals surface area (Å²) in [5.41, 5.74) is -0.612. The van der Waals surface area contributed by atoms with Crippen molar-refractivity contribution in [3.63, 3.8) is 0 Å². The molecular weight excluding hydrogens is 493 g/mol. The van der Waals surface area contributed by atoms with Gasteiger partial charge in [-0.25, -0.2) is 4.79 Å². The molecule has 1 atom stereocenters. The number of rotatable bonds is 7. The van der Waals surface area contributed by atoms with Crippen LogP contribution in [-0.2, 0) is 28.7 Å². The third-order valence-electron chi connectivity index (χ3n) is 5.37. The van der Waals surface area contributed by atoms with E-state index in [4.69, 9.17) is 9.26 Å². The molecule has 0 aliphatic carbocycles. The van der Waals surface area contributed by atoms with Crippen LogP contribution in [0.3, 0.4) is 0 Å². The first-order valence-corrected chi connectivity index (χ1v) is 11.6. The van der Waals surface area contributed by atoms with Gasteiger partial charge in [-0.05, 0) is 41.4 Å². The van der Waals surface area contributed by atoms with E-state index in [0.717, 1.165) is 25.1 Å². The highest BCUT2D eigenvalue weighted by molar-refractivity contribution is 6.00. The van der Waals surface area contributed by atoms with E-state index in [9.17, 15) is 22.8 Å². The van der Waals surface area contributed by atoms with Crippen LogP contribution in [0.1, 0.15) is 17.5 Å². The van der Waals surface area contributed by atoms with E-state index >= 15 is 0 Å². The summed E-state index contributed by atoms with van der Waals surface area (Å²) in [4.78, 5) is 24.8. The quantitative estimate of drug-likeness (QED) is 0.356. The Kier molecular flexibility index (Phi) is 8.36. The lowest BCUT2D eigenvalue weighted by molar-refractivity contribution is -0.767. The summed E-state index contributed by atoms with van der Waals surface area (Å²) < 4.78 is 52.6. The zero-order valence-electron chi connectivity index (χ0n) is 19.7. The standard InChI is InChI=1S/C24H25F3N6O4/c25-24(26,27)17-10-18(29-21(34)9-16-5-2-1-3-6-16)12-19(11-17)30-23(35)31-22-15-33(32-37-22)14-20-13-28-7-4-8-36-20/h1-3,5-6,10-12,15,20,28H,4,7-9,13-14H2,(H2-,29,30,31,32,34,35)/p+1. The normalized spacial score (nSPS) is 16.0. The van der Waals surface area contributed by atoms with Crippen molar-refractivity contribution in [3.8, 4) is 0 Å². The number of nitrogens with one attached hydrogen (secondary N) is 4. The minimum atomic E-state index is -4.70. The largest absolute Gasteiger partial charge is 0.416 e. The molecule has 0 saturated carbocycles. The number of hydrogen-bond donors (Lipinski definition) is 4. The van der Waals surface area contributed by atoms with Crippen LogP contribution in [0.15, 0.2) is 59.3 Å². The van der Waals surface area contributed by atoms with Crippen LogP contribution >= 0.6 is 0 Å². The summed E-state index contributed by atoms with van der Waals surface area (Å²) in [6, 6.07) is 10.7. The van der Waals surface area contributed by atoms with Crippen molar-refractivity contribution in [1.29, 1.82) is 0 Å². The van der Waals surface area contributed by atoms with Crippen LogP contribution in [-0.4, -0.2) is 43.0 Å². The molecule has 196 valence electrons. The van der Waals surface area contributed by atoms with Crippen molar-refractivity contribution in [2.24, 2.45) is 0 Å². The maximum atomic E-state index is 13.5. The van der Waals surface area contributed by atoms with Crippen molar-refractivity contribution in [2.45, 2.75) is 31.7 Å². The Hall–Kier alpha value is -3.97. The number of ether oxygens (including phenoxy) is 1. The molecule has 2 heterocycles. The van der Waals surface area contributed by atoms with E-state index in [1.165, 1.54) is 16.9 Å². The minimum Gasteiger partial charge on any atom is -0.370 e. The van der Waals surface area contributed by atoms with Gasteiger partial charge in [0.2, 0.25) is 17.7 Å².